The molecule has 0 amide bonds. The number of esters is 2. The Labute approximate surface area is 206 Å². The summed E-state index contributed by atoms with van der Waals surface area (Å²) in [5, 5.41) is 0. The molecule has 0 N–H and O–H groups in total. The number of methoxy groups -OCH3 is 1. The number of unbranched alkanes of at least 4 members (excludes halogenated alkanes) is 21. The Morgan fingerprint density at radius 2 is 0.818 bits per heavy atom. The summed E-state index contributed by atoms with van der Waals surface area (Å²) in [5.74, 6) is -1.84. The average molecular weight is 469 g/mol. The summed E-state index contributed by atoms with van der Waals surface area (Å²) in [6, 6.07) is 0. The Balaban J connectivity index is 3.16. The molecule has 0 aromatic carbocycles. The molecule has 1 unspecified atom stereocenters. The molecule has 4 nitrogen and oxygen atoms in total. The first-order valence-corrected chi connectivity index (χ1v) is 14.4. The summed E-state index contributed by atoms with van der Waals surface area (Å²) in [7, 11) is 1.28. The van der Waals surface area contributed by atoms with Crippen LogP contribution in [0.4, 0.5) is 0 Å². The van der Waals surface area contributed by atoms with E-state index < -0.39 is 17.9 Å². The third kappa shape index (κ3) is 22.5. The zero-order chi connectivity index (χ0) is 24.4. The molecule has 0 bridgehead atoms. The van der Waals surface area contributed by atoms with E-state index in [0.717, 1.165) is 12.8 Å². The molecule has 0 aliphatic rings. The third-order valence-electron chi connectivity index (χ3n) is 6.65. The first-order chi connectivity index (χ1) is 16.1. The number of carbonyl (C=O) groups excluding carboxylic acids is 2. The Hall–Kier alpha value is -1.06. The third-order valence-corrected chi connectivity index (χ3v) is 6.65. The van der Waals surface area contributed by atoms with Gasteiger partial charge in [0.25, 0.3) is 0 Å². The van der Waals surface area contributed by atoms with Crippen molar-refractivity contribution in [3.63, 3.8) is 0 Å². The molecule has 0 aromatic rings. The molecular weight excluding hydrogens is 412 g/mol. The summed E-state index contributed by atoms with van der Waals surface area (Å²) >= 11 is 0. The van der Waals surface area contributed by atoms with Crippen molar-refractivity contribution >= 4 is 11.9 Å². The highest BCUT2D eigenvalue weighted by Gasteiger charge is 2.23. The second-order valence-corrected chi connectivity index (χ2v) is 9.84. The van der Waals surface area contributed by atoms with Gasteiger partial charge in [0.1, 0.15) is 0 Å². The molecule has 0 heterocycles. The van der Waals surface area contributed by atoms with Crippen LogP contribution in [0.3, 0.4) is 0 Å². The van der Waals surface area contributed by atoms with Crippen molar-refractivity contribution in [2.75, 3.05) is 13.7 Å². The zero-order valence-electron chi connectivity index (χ0n) is 22.5. The largest absolute Gasteiger partial charge is 0.468 e. The van der Waals surface area contributed by atoms with Gasteiger partial charge in [-0.25, -0.2) is 0 Å². The van der Waals surface area contributed by atoms with E-state index in [4.69, 9.17) is 4.74 Å². The van der Waals surface area contributed by atoms with E-state index in [2.05, 4.69) is 11.7 Å². The van der Waals surface area contributed by atoms with Gasteiger partial charge in [-0.1, -0.05) is 142 Å². The fourth-order valence-electron chi connectivity index (χ4n) is 4.28. The Bertz CT molecular complexity index is 435. The minimum Gasteiger partial charge on any atom is -0.468 e. The fourth-order valence-corrected chi connectivity index (χ4v) is 4.28. The Morgan fingerprint density at radius 1 is 0.515 bits per heavy atom. The van der Waals surface area contributed by atoms with Crippen LogP contribution in [0, 0.1) is 5.92 Å². The summed E-state index contributed by atoms with van der Waals surface area (Å²) in [6.07, 6.45) is 29.9. The summed E-state index contributed by atoms with van der Waals surface area (Å²) < 4.78 is 9.68. The van der Waals surface area contributed by atoms with Crippen LogP contribution in [0.25, 0.3) is 0 Å². The molecule has 0 spiro atoms. The van der Waals surface area contributed by atoms with E-state index in [1.807, 2.05) is 0 Å². The SMILES string of the molecule is CCCCCCCCCCCCCCCCCCCCCCCCOC(=O)C(C)C(=O)OC. The van der Waals surface area contributed by atoms with E-state index >= 15 is 0 Å². The van der Waals surface area contributed by atoms with E-state index in [-0.39, 0.29) is 0 Å². The molecule has 0 saturated carbocycles. The van der Waals surface area contributed by atoms with Gasteiger partial charge < -0.3 is 9.47 Å². The number of hydrogen-bond acceptors (Lipinski definition) is 4. The van der Waals surface area contributed by atoms with Crippen LogP contribution in [0.1, 0.15) is 155 Å². The topological polar surface area (TPSA) is 52.6 Å². The van der Waals surface area contributed by atoms with Gasteiger partial charge in [-0.05, 0) is 13.3 Å². The van der Waals surface area contributed by atoms with E-state index in [1.165, 1.54) is 142 Å². The maximum atomic E-state index is 11.6. The Kier molecular flexibility index (Phi) is 24.7. The molecule has 0 aromatic heterocycles. The second-order valence-electron chi connectivity index (χ2n) is 9.84. The monoisotopic (exact) mass is 468 g/mol. The number of ether oxygens (including phenoxy) is 2. The van der Waals surface area contributed by atoms with Crippen LogP contribution in [-0.2, 0) is 19.1 Å². The highest BCUT2D eigenvalue weighted by molar-refractivity contribution is 5.94. The molecular formula is C29H56O4. The van der Waals surface area contributed by atoms with E-state index in [1.54, 1.807) is 0 Å². The van der Waals surface area contributed by atoms with Gasteiger partial charge >= 0.3 is 11.9 Å². The summed E-state index contributed by atoms with van der Waals surface area (Å²) in [4.78, 5) is 22.9. The molecule has 0 rings (SSSR count). The molecule has 0 saturated heterocycles. The molecule has 196 valence electrons. The lowest BCUT2D eigenvalue weighted by Crippen LogP contribution is -2.24. The minimum atomic E-state index is -0.824. The van der Waals surface area contributed by atoms with Crippen LogP contribution < -0.4 is 0 Å². The van der Waals surface area contributed by atoms with Crippen molar-refractivity contribution in [1.82, 2.24) is 0 Å². The first-order valence-electron chi connectivity index (χ1n) is 14.4. The van der Waals surface area contributed by atoms with Gasteiger partial charge in [-0.15, -0.1) is 0 Å². The average Bonchev–Trinajstić information content (AvgIpc) is 2.83. The van der Waals surface area contributed by atoms with Gasteiger partial charge in [0, 0.05) is 0 Å². The number of hydrogen-bond donors (Lipinski definition) is 0. The summed E-state index contributed by atoms with van der Waals surface area (Å²) in [6.45, 7) is 4.21. The van der Waals surface area contributed by atoms with Gasteiger partial charge in [-0.2, -0.15) is 0 Å². The maximum absolute atomic E-state index is 11.6. The first kappa shape index (κ1) is 31.9. The quantitative estimate of drug-likeness (QED) is 0.0762. The van der Waals surface area contributed by atoms with Crippen molar-refractivity contribution < 1.29 is 19.1 Å². The maximum Gasteiger partial charge on any atom is 0.320 e. The van der Waals surface area contributed by atoms with Crippen molar-refractivity contribution in [2.45, 2.75) is 155 Å². The van der Waals surface area contributed by atoms with Crippen molar-refractivity contribution in [3.8, 4) is 0 Å². The standard InChI is InChI=1S/C29H56O4/c1-4-5-6-7-8-9-10-11-12-13-14-15-16-17-18-19-20-21-22-23-24-25-26-33-29(31)27(2)28(30)32-3/h27H,4-26H2,1-3H3. The van der Waals surface area contributed by atoms with Crippen molar-refractivity contribution in [3.05, 3.63) is 0 Å². The van der Waals surface area contributed by atoms with Gasteiger partial charge in [0.15, 0.2) is 5.92 Å². The second kappa shape index (κ2) is 25.6. The minimum absolute atomic E-state index is 0.402. The highest BCUT2D eigenvalue weighted by atomic mass is 16.5. The van der Waals surface area contributed by atoms with Gasteiger partial charge in [0.2, 0.25) is 0 Å². The lowest BCUT2D eigenvalue weighted by molar-refractivity contribution is -0.159. The van der Waals surface area contributed by atoms with Crippen molar-refractivity contribution in [2.24, 2.45) is 5.92 Å². The fraction of sp³-hybridized carbons (Fsp3) is 0.931. The molecule has 1 atom stereocenters. The molecule has 0 aliphatic carbocycles. The van der Waals surface area contributed by atoms with Crippen LogP contribution in [0.5, 0.6) is 0 Å². The van der Waals surface area contributed by atoms with Gasteiger partial charge in [0.05, 0.1) is 13.7 Å². The smallest absolute Gasteiger partial charge is 0.320 e. The molecule has 33 heavy (non-hydrogen) atoms. The lowest BCUT2D eigenvalue weighted by Gasteiger charge is -2.09. The molecule has 0 aliphatic heterocycles. The van der Waals surface area contributed by atoms with Gasteiger partial charge in [-0.3, -0.25) is 9.59 Å². The van der Waals surface area contributed by atoms with Crippen molar-refractivity contribution in [1.29, 1.82) is 0 Å². The predicted octanol–water partition coefficient (Wildman–Crippen LogP) is 8.94. The molecule has 4 heteroatoms. The molecule has 0 fully saturated rings. The normalized spacial score (nSPS) is 12.0. The van der Waals surface area contributed by atoms with Crippen LogP contribution >= 0.6 is 0 Å². The zero-order valence-corrected chi connectivity index (χ0v) is 22.5. The molecule has 0 radical (unpaired) electrons. The summed E-state index contributed by atoms with van der Waals surface area (Å²) in [5.41, 5.74) is 0. The lowest BCUT2D eigenvalue weighted by atomic mass is 10.0. The highest BCUT2D eigenvalue weighted by Crippen LogP contribution is 2.15. The van der Waals surface area contributed by atoms with Crippen LogP contribution in [0.2, 0.25) is 0 Å². The van der Waals surface area contributed by atoms with E-state index in [9.17, 15) is 9.59 Å². The Morgan fingerprint density at radius 3 is 1.12 bits per heavy atom. The van der Waals surface area contributed by atoms with Crippen LogP contribution in [0.15, 0.2) is 0 Å². The van der Waals surface area contributed by atoms with Crippen LogP contribution in [-0.4, -0.2) is 25.7 Å². The number of carbonyl (C=O) groups is 2. The van der Waals surface area contributed by atoms with E-state index in [0.29, 0.717) is 6.61 Å². The predicted molar refractivity (Wildman–Crippen MR) is 139 cm³/mol. The number of rotatable bonds is 25.